The lowest BCUT2D eigenvalue weighted by Gasteiger charge is -2.34. The number of methoxy groups -OCH3 is 1. The van der Waals surface area contributed by atoms with Gasteiger partial charge in [-0.2, -0.15) is 4.98 Å². The molecule has 52 heavy (non-hydrogen) atoms. The molecule has 2 aromatic carbocycles. The van der Waals surface area contributed by atoms with Crippen LogP contribution in [0.2, 0.25) is 0 Å². The number of nitrogens with one attached hydrogen (secondary N) is 3. The highest BCUT2D eigenvalue weighted by Gasteiger charge is 2.67. The third-order valence-corrected chi connectivity index (χ3v) is 11.9. The number of para-hydroxylation sites is 1. The first-order valence-electron chi connectivity index (χ1n) is 17.5. The van der Waals surface area contributed by atoms with E-state index in [0.29, 0.717) is 30.3 Å². The second-order valence-electron chi connectivity index (χ2n) is 15.2. The summed E-state index contributed by atoms with van der Waals surface area (Å²) >= 11 is 0. The van der Waals surface area contributed by atoms with Crippen molar-refractivity contribution in [1.29, 1.82) is 0 Å². The van der Waals surface area contributed by atoms with Crippen molar-refractivity contribution in [3.8, 4) is 11.6 Å². The number of rotatable bonds is 13. The predicted molar refractivity (Wildman–Crippen MR) is 200 cm³/mol. The minimum atomic E-state index is -3.89. The second-order valence-corrected chi connectivity index (χ2v) is 17.2. The van der Waals surface area contributed by atoms with Crippen LogP contribution < -0.4 is 29.7 Å². The Kier molecular flexibility index (Phi) is 10.0. The third kappa shape index (κ3) is 7.45. The molecule has 1 saturated heterocycles. The van der Waals surface area contributed by atoms with E-state index < -0.39 is 68.1 Å². The molecular formula is C38H48N6O7S. The Morgan fingerprint density at radius 2 is 1.81 bits per heavy atom. The molecule has 3 aromatic rings. The molecule has 3 amide bonds. The van der Waals surface area contributed by atoms with E-state index in [-0.39, 0.29) is 19.4 Å². The molecule has 3 N–H and O–H groups in total. The molecule has 3 aliphatic rings. The Morgan fingerprint density at radius 1 is 1.10 bits per heavy atom. The zero-order valence-electron chi connectivity index (χ0n) is 30.5. The van der Waals surface area contributed by atoms with Crippen molar-refractivity contribution in [2.24, 2.45) is 11.3 Å². The molecule has 6 rings (SSSR count). The second kappa shape index (κ2) is 14.0. The van der Waals surface area contributed by atoms with Gasteiger partial charge in [-0.1, -0.05) is 45.0 Å². The highest BCUT2D eigenvalue weighted by molar-refractivity contribution is 7.91. The highest BCUT2D eigenvalue weighted by atomic mass is 32.2. The molecule has 3 fully saturated rings. The Balaban J connectivity index is 1.33. The van der Waals surface area contributed by atoms with Gasteiger partial charge in [-0.15, -0.1) is 6.58 Å². The van der Waals surface area contributed by atoms with Gasteiger partial charge in [0.15, 0.2) is 0 Å². The zero-order valence-corrected chi connectivity index (χ0v) is 31.3. The van der Waals surface area contributed by atoms with Gasteiger partial charge in [0.25, 0.3) is 5.91 Å². The van der Waals surface area contributed by atoms with E-state index in [1.165, 1.54) is 0 Å². The fourth-order valence-electron chi connectivity index (χ4n) is 6.98. The summed E-state index contributed by atoms with van der Waals surface area (Å²) in [7, 11) is 1.43. The van der Waals surface area contributed by atoms with Gasteiger partial charge in [-0.05, 0) is 66.5 Å². The molecule has 13 nitrogen and oxygen atoms in total. The number of anilines is 2. The number of fused-ring (bicyclic) bond motifs is 1. The van der Waals surface area contributed by atoms with Crippen LogP contribution >= 0.6 is 0 Å². The summed E-state index contributed by atoms with van der Waals surface area (Å²) in [5, 5.41) is 6.82. The fourth-order valence-corrected chi connectivity index (χ4v) is 8.33. The van der Waals surface area contributed by atoms with Crippen LogP contribution in [0.3, 0.4) is 0 Å². The van der Waals surface area contributed by atoms with Crippen LogP contribution in [0.25, 0.3) is 10.8 Å². The number of sulfonamides is 1. The van der Waals surface area contributed by atoms with E-state index in [1.54, 1.807) is 18.1 Å². The van der Waals surface area contributed by atoms with Crippen LogP contribution in [0, 0.1) is 11.3 Å². The maximum atomic E-state index is 14.3. The standard InChI is InChI=1S/C38H48N6O7S/c1-8-24-21-38(24,36(47)42-52(48,49)28-15-16-28)44-22-27(51-35-29-17-14-26(50-7)18-23(29)19-31(40-35)43(5)6)20-30(44)33(45)41-34(46)32(37(2,3)4)39-25-12-10-9-11-13-25/h8-14,17-19,24,27-28,30,32,39H,1,15-16,20-22H2,2-7H3,(H,42,47)(H,41,45,46)/t24-,27-,30+,32-,38-/m1/s1. The molecule has 2 saturated carbocycles. The van der Waals surface area contributed by atoms with Crippen molar-refractivity contribution in [2.75, 3.05) is 38.0 Å². The number of ether oxygens (including phenoxy) is 2. The number of likely N-dealkylation sites (tertiary alicyclic amines) is 1. The van der Waals surface area contributed by atoms with E-state index in [0.717, 1.165) is 16.5 Å². The lowest BCUT2D eigenvalue weighted by atomic mass is 9.85. The summed E-state index contributed by atoms with van der Waals surface area (Å²) in [6.45, 7) is 9.70. The van der Waals surface area contributed by atoms with E-state index in [4.69, 9.17) is 14.5 Å². The van der Waals surface area contributed by atoms with Crippen LogP contribution in [0.1, 0.15) is 46.5 Å². The van der Waals surface area contributed by atoms with Crippen LogP contribution in [-0.4, -0.2) is 92.7 Å². The van der Waals surface area contributed by atoms with Crippen molar-refractivity contribution >= 4 is 50.0 Å². The Labute approximate surface area is 305 Å². The molecule has 0 radical (unpaired) electrons. The minimum absolute atomic E-state index is 0.0873. The Hall–Kier alpha value is -4.69. The number of hydrogen-bond acceptors (Lipinski definition) is 11. The topological polar surface area (TPSA) is 159 Å². The summed E-state index contributed by atoms with van der Waals surface area (Å²) in [5.74, 6) is -0.656. The molecule has 0 bridgehead atoms. The number of imide groups is 1. The molecule has 14 heteroatoms. The van der Waals surface area contributed by atoms with Crippen molar-refractivity contribution < 1.29 is 32.3 Å². The summed E-state index contributed by atoms with van der Waals surface area (Å²) in [4.78, 5) is 50.5. The molecule has 0 unspecified atom stereocenters. The number of aromatic nitrogens is 1. The first-order chi connectivity index (χ1) is 24.6. The van der Waals surface area contributed by atoms with Crippen LogP contribution in [0.5, 0.6) is 11.6 Å². The van der Waals surface area contributed by atoms with E-state index in [1.807, 2.05) is 94.4 Å². The lowest BCUT2D eigenvalue weighted by Crippen LogP contribution is -2.59. The zero-order chi connectivity index (χ0) is 37.6. The van der Waals surface area contributed by atoms with Crippen molar-refractivity contribution in [1.82, 2.24) is 19.9 Å². The van der Waals surface area contributed by atoms with Gasteiger partial charge >= 0.3 is 0 Å². The van der Waals surface area contributed by atoms with Gasteiger partial charge in [0.1, 0.15) is 29.3 Å². The van der Waals surface area contributed by atoms with Gasteiger partial charge in [0, 0.05) is 44.1 Å². The van der Waals surface area contributed by atoms with Crippen molar-refractivity contribution in [3.05, 3.63) is 67.3 Å². The number of benzene rings is 2. The van der Waals surface area contributed by atoms with E-state index in [9.17, 15) is 22.8 Å². The number of pyridine rings is 1. The first kappa shape index (κ1) is 37.1. The normalized spacial score (nSPS) is 23.7. The van der Waals surface area contributed by atoms with E-state index >= 15 is 0 Å². The Morgan fingerprint density at radius 3 is 2.40 bits per heavy atom. The molecule has 278 valence electrons. The van der Waals surface area contributed by atoms with Gasteiger partial charge in [-0.3, -0.25) is 29.3 Å². The van der Waals surface area contributed by atoms with Gasteiger partial charge in [0.2, 0.25) is 27.7 Å². The van der Waals surface area contributed by atoms with Crippen LogP contribution in [0.4, 0.5) is 11.5 Å². The maximum Gasteiger partial charge on any atom is 0.254 e. The quantitative estimate of drug-likeness (QED) is 0.219. The first-order valence-corrected chi connectivity index (χ1v) is 19.1. The number of amides is 3. The monoisotopic (exact) mass is 732 g/mol. The molecular weight excluding hydrogens is 685 g/mol. The SMILES string of the molecule is C=C[C@@H]1C[C@@]1(C(=O)NS(=O)(=O)C1CC1)N1C[C@H](Oc2nc(N(C)C)cc3cc(OC)ccc23)C[C@H]1C(=O)NC(=O)[C@@H](Nc1ccccc1)C(C)(C)C. The molecule has 1 aliphatic heterocycles. The summed E-state index contributed by atoms with van der Waals surface area (Å²) in [6.07, 6.45) is 2.28. The highest BCUT2D eigenvalue weighted by Crippen LogP contribution is 2.53. The summed E-state index contributed by atoms with van der Waals surface area (Å²) in [5.41, 5.74) is -1.25. The van der Waals surface area contributed by atoms with Crippen molar-refractivity contribution in [3.63, 3.8) is 0 Å². The predicted octanol–water partition coefficient (Wildman–Crippen LogP) is 3.85. The smallest absolute Gasteiger partial charge is 0.254 e. The average molecular weight is 733 g/mol. The largest absolute Gasteiger partial charge is 0.497 e. The van der Waals surface area contributed by atoms with Crippen LogP contribution in [-0.2, 0) is 24.4 Å². The summed E-state index contributed by atoms with van der Waals surface area (Å²) < 4.78 is 40.3. The number of carbonyl (C=O) groups excluding carboxylic acids is 3. The third-order valence-electron chi connectivity index (χ3n) is 10.1. The average Bonchev–Trinajstić information content (AvgIpc) is 4.03. The summed E-state index contributed by atoms with van der Waals surface area (Å²) in [6, 6.07) is 14.9. The lowest BCUT2D eigenvalue weighted by molar-refractivity contribution is -0.136. The van der Waals surface area contributed by atoms with Gasteiger partial charge < -0.3 is 19.7 Å². The Bertz CT molecular complexity index is 1980. The number of carbonyl (C=O) groups is 3. The molecule has 1 aromatic heterocycles. The molecule has 5 atom stereocenters. The fraction of sp³-hybridized carbons (Fsp3) is 0.474. The molecule has 0 spiro atoms. The number of nitrogens with zero attached hydrogens (tertiary/aromatic N) is 3. The molecule has 2 aliphatic carbocycles. The number of hydrogen-bond donors (Lipinski definition) is 3. The molecule has 2 heterocycles. The minimum Gasteiger partial charge on any atom is -0.497 e. The van der Waals surface area contributed by atoms with Gasteiger partial charge in [-0.25, -0.2) is 8.42 Å². The maximum absolute atomic E-state index is 14.3. The van der Waals surface area contributed by atoms with E-state index in [2.05, 4.69) is 21.9 Å². The van der Waals surface area contributed by atoms with Gasteiger partial charge in [0.05, 0.1) is 18.4 Å². The van der Waals surface area contributed by atoms with Crippen LogP contribution in [0.15, 0.2) is 67.3 Å². The van der Waals surface area contributed by atoms with Crippen molar-refractivity contribution in [2.45, 2.75) is 75.4 Å².